The molecule has 28 heavy (non-hydrogen) atoms. The third kappa shape index (κ3) is 2.47. The molecule has 0 atom stereocenters. The van der Waals surface area contributed by atoms with E-state index in [1.807, 2.05) is 18.2 Å². The third-order valence-electron chi connectivity index (χ3n) is 4.43. The molecule has 0 aliphatic heterocycles. The maximum absolute atomic E-state index is 13.4. The summed E-state index contributed by atoms with van der Waals surface area (Å²) in [6.07, 6.45) is 0. The van der Waals surface area contributed by atoms with Gasteiger partial charge in [0.25, 0.3) is 0 Å². The lowest BCUT2D eigenvalue weighted by Gasteiger charge is -2.12. The van der Waals surface area contributed by atoms with Crippen LogP contribution in [0.25, 0.3) is 39.1 Å². The number of fused-ring (bicyclic) bond motifs is 2. The molecular formula is C18H13FN8O. The molecule has 0 radical (unpaired) electrons. The van der Waals surface area contributed by atoms with Gasteiger partial charge in [0, 0.05) is 5.56 Å². The number of hydrogen-bond acceptors (Lipinski definition) is 7. The number of anilines is 1. The average Bonchev–Trinajstić information content (AvgIpc) is 3.35. The van der Waals surface area contributed by atoms with E-state index in [0.29, 0.717) is 28.0 Å². The molecule has 3 heterocycles. The lowest BCUT2D eigenvalue weighted by Crippen LogP contribution is -2.06. The van der Waals surface area contributed by atoms with Crippen LogP contribution < -0.4 is 5.73 Å². The zero-order valence-corrected chi connectivity index (χ0v) is 14.3. The van der Waals surface area contributed by atoms with Crippen molar-refractivity contribution in [1.29, 1.82) is 0 Å². The smallest absolute Gasteiger partial charge is 0.223 e. The van der Waals surface area contributed by atoms with Crippen LogP contribution in [0.15, 0.2) is 42.5 Å². The van der Waals surface area contributed by atoms with Crippen molar-refractivity contribution in [2.24, 2.45) is 0 Å². The molecule has 0 spiro atoms. The lowest BCUT2D eigenvalue weighted by molar-refractivity contribution is 0.271. The highest BCUT2D eigenvalue weighted by Crippen LogP contribution is 2.35. The summed E-state index contributed by atoms with van der Waals surface area (Å²) < 4.78 is 14.8. The molecule has 9 nitrogen and oxygen atoms in total. The van der Waals surface area contributed by atoms with E-state index in [1.54, 1.807) is 12.1 Å². The van der Waals surface area contributed by atoms with Crippen molar-refractivity contribution >= 4 is 22.6 Å². The number of nitrogen functional groups attached to an aromatic ring is 1. The number of benzene rings is 2. The standard InChI is InChI=1S/C18H13FN8O/c19-11-4-1-9(2-5-11)16-15(10-3-6-12-13(7-10)24-26-23-12)17-21-14(8-28)25-27(17)18(20)22-16/h1-7,28H,8H2,(H2,20,22)(H,23,24,26). The predicted octanol–water partition coefficient (Wildman–Crippen LogP) is 1.94. The molecule has 0 saturated heterocycles. The van der Waals surface area contributed by atoms with Crippen molar-refractivity contribution in [2.45, 2.75) is 6.61 Å². The highest BCUT2D eigenvalue weighted by Gasteiger charge is 2.20. The van der Waals surface area contributed by atoms with E-state index < -0.39 is 0 Å². The molecule has 0 saturated carbocycles. The van der Waals surface area contributed by atoms with E-state index in [4.69, 9.17) is 5.73 Å². The fourth-order valence-corrected chi connectivity index (χ4v) is 3.15. The minimum atomic E-state index is -0.352. The molecule has 0 unspecified atom stereocenters. The van der Waals surface area contributed by atoms with Gasteiger partial charge in [-0.3, -0.25) is 5.10 Å². The summed E-state index contributed by atoms with van der Waals surface area (Å²) in [5.74, 6) is -0.0285. The first kappa shape index (κ1) is 16.3. The van der Waals surface area contributed by atoms with Gasteiger partial charge in [-0.15, -0.1) is 10.2 Å². The number of hydrogen-bond donors (Lipinski definition) is 3. The van der Waals surface area contributed by atoms with Gasteiger partial charge in [-0.1, -0.05) is 11.3 Å². The minimum Gasteiger partial charge on any atom is -0.388 e. The van der Waals surface area contributed by atoms with Gasteiger partial charge in [-0.05, 0) is 42.0 Å². The maximum atomic E-state index is 13.4. The number of aliphatic hydroxyl groups is 1. The Balaban J connectivity index is 1.87. The molecule has 0 fully saturated rings. The highest BCUT2D eigenvalue weighted by molar-refractivity contribution is 5.93. The van der Waals surface area contributed by atoms with Gasteiger partial charge in [0.1, 0.15) is 17.9 Å². The van der Waals surface area contributed by atoms with Gasteiger partial charge in [0.15, 0.2) is 11.5 Å². The second-order valence-electron chi connectivity index (χ2n) is 6.17. The zero-order chi connectivity index (χ0) is 19.3. The largest absolute Gasteiger partial charge is 0.388 e. The number of aromatic nitrogens is 7. The monoisotopic (exact) mass is 376 g/mol. The number of rotatable bonds is 3. The van der Waals surface area contributed by atoms with E-state index in [2.05, 4.69) is 30.5 Å². The van der Waals surface area contributed by atoms with Crippen molar-refractivity contribution in [2.75, 3.05) is 5.73 Å². The summed E-state index contributed by atoms with van der Waals surface area (Å²) in [7, 11) is 0. The summed E-state index contributed by atoms with van der Waals surface area (Å²) in [5.41, 5.74) is 10.6. The van der Waals surface area contributed by atoms with Crippen LogP contribution in [0.1, 0.15) is 5.82 Å². The number of halogens is 1. The first-order chi connectivity index (χ1) is 13.6. The molecule has 0 amide bonds. The van der Waals surface area contributed by atoms with Crippen LogP contribution in [0, 0.1) is 5.82 Å². The third-order valence-corrected chi connectivity index (χ3v) is 4.43. The number of aliphatic hydroxyl groups excluding tert-OH is 1. The summed E-state index contributed by atoms with van der Waals surface area (Å²) >= 11 is 0. The summed E-state index contributed by atoms with van der Waals surface area (Å²) in [6.45, 7) is -0.337. The fraction of sp³-hybridized carbons (Fsp3) is 0.0556. The zero-order valence-electron chi connectivity index (χ0n) is 14.3. The van der Waals surface area contributed by atoms with Gasteiger partial charge in [-0.2, -0.15) is 4.52 Å². The molecular weight excluding hydrogens is 363 g/mol. The number of nitrogens with one attached hydrogen (secondary N) is 1. The molecule has 0 bridgehead atoms. The maximum Gasteiger partial charge on any atom is 0.223 e. The van der Waals surface area contributed by atoms with Crippen molar-refractivity contribution in [3.05, 3.63) is 54.1 Å². The Morgan fingerprint density at radius 1 is 1.07 bits per heavy atom. The molecule has 0 aliphatic carbocycles. The van der Waals surface area contributed by atoms with Gasteiger partial charge in [-0.25, -0.2) is 14.4 Å². The Morgan fingerprint density at radius 3 is 2.64 bits per heavy atom. The second-order valence-corrected chi connectivity index (χ2v) is 6.17. The molecule has 2 aromatic carbocycles. The lowest BCUT2D eigenvalue weighted by atomic mass is 9.99. The van der Waals surface area contributed by atoms with Gasteiger partial charge < -0.3 is 10.8 Å². The van der Waals surface area contributed by atoms with Crippen LogP contribution >= 0.6 is 0 Å². The molecule has 5 rings (SSSR count). The first-order valence-electron chi connectivity index (χ1n) is 8.37. The Morgan fingerprint density at radius 2 is 1.86 bits per heavy atom. The fourth-order valence-electron chi connectivity index (χ4n) is 3.15. The Kier molecular flexibility index (Phi) is 3.52. The molecule has 138 valence electrons. The quantitative estimate of drug-likeness (QED) is 0.438. The summed E-state index contributed by atoms with van der Waals surface area (Å²) in [6, 6.07) is 11.5. The summed E-state index contributed by atoms with van der Waals surface area (Å²) in [5, 5.41) is 24.3. The van der Waals surface area contributed by atoms with Gasteiger partial charge in [0.05, 0.1) is 16.8 Å². The van der Waals surface area contributed by atoms with Crippen LogP contribution in [0.2, 0.25) is 0 Å². The normalized spacial score (nSPS) is 11.5. The minimum absolute atomic E-state index is 0.106. The van der Waals surface area contributed by atoms with E-state index in [9.17, 15) is 9.50 Å². The Bertz CT molecular complexity index is 1330. The molecule has 3 aromatic heterocycles. The van der Waals surface area contributed by atoms with Crippen molar-refractivity contribution < 1.29 is 9.50 Å². The van der Waals surface area contributed by atoms with Gasteiger partial charge >= 0.3 is 0 Å². The van der Waals surface area contributed by atoms with Crippen LogP contribution in [0.4, 0.5) is 10.3 Å². The van der Waals surface area contributed by atoms with E-state index in [0.717, 1.165) is 11.1 Å². The Labute approximate surface area is 156 Å². The first-order valence-corrected chi connectivity index (χ1v) is 8.37. The highest BCUT2D eigenvalue weighted by atomic mass is 19.1. The van der Waals surface area contributed by atoms with Crippen LogP contribution in [-0.4, -0.2) is 40.1 Å². The van der Waals surface area contributed by atoms with Crippen molar-refractivity contribution in [1.82, 2.24) is 35.0 Å². The van der Waals surface area contributed by atoms with E-state index >= 15 is 0 Å². The Hall–Kier alpha value is -3.92. The van der Waals surface area contributed by atoms with Gasteiger partial charge in [0.2, 0.25) is 5.95 Å². The van der Waals surface area contributed by atoms with Crippen molar-refractivity contribution in [3.63, 3.8) is 0 Å². The molecule has 5 aromatic rings. The van der Waals surface area contributed by atoms with Crippen LogP contribution in [0.3, 0.4) is 0 Å². The molecule has 0 aliphatic rings. The number of H-pyrrole nitrogens is 1. The average molecular weight is 376 g/mol. The predicted molar refractivity (Wildman–Crippen MR) is 99.4 cm³/mol. The van der Waals surface area contributed by atoms with Crippen molar-refractivity contribution in [3.8, 4) is 22.4 Å². The van der Waals surface area contributed by atoms with E-state index in [1.165, 1.54) is 16.6 Å². The molecule has 4 N–H and O–H groups in total. The second kappa shape index (κ2) is 6.06. The summed E-state index contributed by atoms with van der Waals surface area (Å²) in [4.78, 5) is 8.89. The topological polar surface area (TPSA) is 131 Å². The van der Waals surface area contributed by atoms with E-state index in [-0.39, 0.29) is 24.2 Å². The molecule has 10 heteroatoms. The number of nitrogens with zero attached hydrogens (tertiary/aromatic N) is 6. The van der Waals surface area contributed by atoms with Crippen LogP contribution in [-0.2, 0) is 6.61 Å². The SMILES string of the molecule is Nc1nc(-c2ccc(F)cc2)c(-c2ccc3nn[nH]c3c2)c2nc(CO)nn12. The van der Waals surface area contributed by atoms with Crippen LogP contribution in [0.5, 0.6) is 0 Å². The number of nitrogens with two attached hydrogens (primary N) is 1. The number of aromatic amines is 1.